The minimum atomic E-state index is -0.573. The fourth-order valence-electron chi connectivity index (χ4n) is 1.12. The average molecular weight is 205 g/mol. The van der Waals surface area contributed by atoms with Crippen molar-refractivity contribution in [3.63, 3.8) is 0 Å². The van der Waals surface area contributed by atoms with E-state index in [1.165, 1.54) is 10.6 Å². The highest BCUT2D eigenvalue weighted by Gasteiger charge is 2.04. The monoisotopic (exact) mass is 204 g/mol. The lowest BCUT2D eigenvalue weighted by Gasteiger charge is -2.07. The Morgan fingerprint density at radius 3 is 2.92 bits per heavy atom. The highest BCUT2D eigenvalue weighted by atomic mass is 35.5. The third kappa shape index (κ3) is 2.28. The van der Waals surface area contributed by atoms with Crippen LogP contribution in [0.3, 0.4) is 0 Å². The molecule has 1 rings (SSSR count). The van der Waals surface area contributed by atoms with Gasteiger partial charge in [-0.15, -0.1) is 0 Å². The standard InChI is InChI=1S/C8H10ClFN2O/c1-2-7-11-6(9)5-8(13)12(7)4-3-10/h5H,2-4H2,1H3. The van der Waals surface area contributed by atoms with E-state index in [-0.39, 0.29) is 17.3 Å². The van der Waals surface area contributed by atoms with Gasteiger partial charge in [-0.25, -0.2) is 9.37 Å². The Morgan fingerprint density at radius 2 is 2.38 bits per heavy atom. The van der Waals surface area contributed by atoms with E-state index in [2.05, 4.69) is 4.98 Å². The van der Waals surface area contributed by atoms with E-state index in [9.17, 15) is 9.18 Å². The Hall–Kier alpha value is -0.900. The van der Waals surface area contributed by atoms with Crippen LogP contribution in [0.5, 0.6) is 0 Å². The molecule has 1 aromatic heterocycles. The molecule has 0 aromatic carbocycles. The molecule has 0 saturated heterocycles. The molecule has 13 heavy (non-hydrogen) atoms. The lowest BCUT2D eigenvalue weighted by Crippen LogP contribution is -2.25. The van der Waals surface area contributed by atoms with Crippen LogP contribution in [0.15, 0.2) is 10.9 Å². The number of rotatable bonds is 3. The molecule has 0 aliphatic heterocycles. The van der Waals surface area contributed by atoms with Gasteiger partial charge in [0.2, 0.25) is 0 Å². The van der Waals surface area contributed by atoms with Gasteiger partial charge in [0.1, 0.15) is 17.7 Å². The molecule has 0 aliphatic rings. The lowest BCUT2D eigenvalue weighted by atomic mass is 10.4. The van der Waals surface area contributed by atoms with Crippen LogP contribution in [-0.4, -0.2) is 16.2 Å². The van der Waals surface area contributed by atoms with Crippen molar-refractivity contribution in [2.45, 2.75) is 19.9 Å². The summed E-state index contributed by atoms with van der Waals surface area (Å²) in [4.78, 5) is 15.2. The molecule has 0 atom stereocenters. The second-order valence-electron chi connectivity index (χ2n) is 2.53. The Morgan fingerprint density at radius 1 is 1.69 bits per heavy atom. The van der Waals surface area contributed by atoms with Crippen molar-refractivity contribution in [1.29, 1.82) is 0 Å². The molecule has 72 valence electrons. The number of halogens is 2. The van der Waals surface area contributed by atoms with Gasteiger partial charge in [0.25, 0.3) is 5.56 Å². The summed E-state index contributed by atoms with van der Waals surface area (Å²) in [5, 5.41) is 0.164. The first-order valence-electron chi connectivity index (χ1n) is 4.01. The van der Waals surface area contributed by atoms with Crippen LogP contribution in [0.1, 0.15) is 12.7 Å². The summed E-state index contributed by atoms with van der Waals surface area (Å²) in [6.07, 6.45) is 0.565. The van der Waals surface area contributed by atoms with Crippen LogP contribution >= 0.6 is 11.6 Å². The van der Waals surface area contributed by atoms with Gasteiger partial charge in [-0.05, 0) is 0 Å². The Kier molecular flexibility index (Phi) is 3.42. The molecule has 3 nitrogen and oxygen atoms in total. The van der Waals surface area contributed by atoms with Crippen LogP contribution in [0, 0.1) is 0 Å². The second-order valence-corrected chi connectivity index (χ2v) is 2.91. The van der Waals surface area contributed by atoms with Gasteiger partial charge in [0.05, 0.1) is 6.54 Å². The fraction of sp³-hybridized carbons (Fsp3) is 0.500. The average Bonchev–Trinajstić information content (AvgIpc) is 2.09. The third-order valence-corrected chi connectivity index (χ3v) is 1.87. The van der Waals surface area contributed by atoms with Crippen LogP contribution in [0.25, 0.3) is 0 Å². The van der Waals surface area contributed by atoms with Crippen molar-refractivity contribution in [3.05, 3.63) is 27.4 Å². The van der Waals surface area contributed by atoms with E-state index < -0.39 is 6.67 Å². The number of alkyl halides is 1. The maximum atomic E-state index is 12.1. The van der Waals surface area contributed by atoms with Crippen molar-refractivity contribution >= 4 is 11.6 Å². The minimum absolute atomic E-state index is 0.0478. The SMILES string of the molecule is CCc1nc(Cl)cc(=O)n1CCF. The molecule has 1 aromatic rings. The van der Waals surface area contributed by atoms with Crippen LogP contribution in [0.2, 0.25) is 5.15 Å². The van der Waals surface area contributed by atoms with Crippen LogP contribution < -0.4 is 5.56 Å². The Balaban J connectivity index is 3.22. The van der Waals surface area contributed by atoms with Gasteiger partial charge in [-0.2, -0.15) is 0 Å². The van der Waals surface area contributed by atoms with Crippen LogP contribution in [-0.2, 0) is 13.0 Å². The van der Waals surface area contributed by atoms with Crippen molar-refractivity contribution in [1.82, 2.24) is 9.55 Å². The third-order valence-electron chi connectivity index (χ3n) is 1.68. The second kappa shape index (κ2) is 4.37. The summed E-state index contributed by atoms with van der Waals surface area (Å²) in [7, 11) is 0. The lowest BCUT2D eigenvalue weighted by molar-refractivity contribution is 0.430. The maximum Gasteiger partial charge on any atom is 0.255 e. The van der Waals surface area contributed by atoms with E-state index in [0.717, 1.165) is 0 Å². The molecule has 0 radical (unpaired) electrons. The molecular weight excluding hydrogens is 195 g/mol. The molecule has 0 amide bonds. The van der Waals surface area contributed by atoms with E-state index >= 15 is 0 Å². The van der Waals surface area contributed by atoms with Crippen molar-refractivity contribution < 1.29 is 4.39 Å². The highest BCUT2D eigenvalue weighted by Crippen LogP contribution is 2.02. The van der Waals surface area contributed by atoms with Crippen molar-refractivity contribution in [2.75, 3.05) is 6.67 Å². The van der Waals surface area contributed by atoms with Gasteiger partial charge in [-0.3, -0.25) is 9.36 Å². The first-order valence-corrected chi connectivity index (χ1v) is 4.39. The number of hydrogen-bond acceptors (Lipinski definition) is 2. The normalized spacial score (nSPS) is 10.4. The maximum absolute atomic E-state index is 12.1. The number of aryl methyl sites for hydroxylation is 1. The smallest absolute Gasteiger partial charge is 0.255 e. The largest absolute Gasteiger partial charge is 0.294 e. The van der Waals surface area contributed by atoms with Gasteiger partial charge < -0.3 is 0 Å². The number of hydrogen-bond donors (Lipinski definition) is 0. The zero-order valence-electron chi connectivity index (χ0n) is 7.26. The topological polar surface area (TPSA) is 34.9 Å². The Bertz CT molecular complexity index is 350. The zero-order valence-corrected chi connectivity index (χ0v) is 8.01. The van der Waals surface area contributed by atoms with Gasteiger partial charge in [0.15, 0.2) is 0 Å². The molecule has 0 unspecified atom stereocenters. The number of nitrogens with zero attached hydrogens (tertiary/aromatic N) is 2. The van der Waals surface area contributed by atoms with E-state index in [4.69, 9.17) is 11.6 Å². The molecule has 1 heterocycles. The first kappa shape index (κ1) is 10.2. The van der Waals surface area contributed by atoms with Crippen molar-refractivity contribution in [2.24, 2.45) is 0 Å². The summed E-state index contributed by atoms with van der Waals surface area (Å²) in [6, 6.07) is 1.19. The van der Waals surface area contributed by atoms with Crippen molar-refractivity contribution in [3.8, 4) is 0 Å². The number of aromatic nitrogens is 2. The molecular formula is C8H10ClFN2O. The molecule has 0 aliphatic carbocycles. The predicted octanol–water partition coefficient (Wildman–Crippen LogP) is 1.43. The molecule has 0 bridgehead atoms. The molecule has 0 fully saturated rings. The molecule has 0 N–H and O–H groups in total. The van der Waals surface area contributed by atoms with Gasteiger partial charge in [0, 0.05) is 12.5 Å². The fourth-order valence-corrected chi connectivity index (χ4v) is 1.31. The quantitative estimate of drug-likeness (QED) is 0.699. The zero-order chi connectivity index (χ0) is 9.84. The van der Waals surface area contributed by atoms with E-state index in [1.807, 2.05) is 6.92 Å². The van der Waals surface area contributed by atoms with E-state index in [1.54, 1.807) is 0 Å². The minimum Gasteiger partial charge on any atom is -0.294 e. The van der Waals surface area contributed by atoms with E-state index in [0.29, 0.717) is 12.2 Å². The summed E-state index contributed by atoms with van der Waals surface area (Å²) >= 11 is 5.58. The van der Waals surface area contributed by atoms with Gasteiger partial charge in [-0.1, -0.05) is 18.5 Å². The van der Waals surface area contributed by atoms with Gasteiger partial charge >= 0.3 is 0 Å². The Labute approximate surface area is 80.2 Å². The summed E-state index contributed by atoms with van der Waals surface area (Å²) in [5.74, 6) is 0.523. The molecule has 0 saturated carbocycles. The molecule has 0 spiro atoms. The highest BCUT2D eigenvalue weighted by molar-refractivity contribution is 6.29. The summed E-state index contributed by atoms with van der Waals surface area (Å²) in [5.41, 5.74) is -0.297. The molecule has 5 heteroatoms. The summed E-state index contributed by atoms with van der Waals surface area (Å²) < 4.78 is 13.4. The first-order chi connectivity index (χ1) is 6.19. The van der Waals surface area contributed by atoms with Crippen LogP contribution in [0.4, 0.5) is 4.39 Å². The predicted molar refractivity (Wildman–Crippen MR) is 48.9 cm³/mol. The summed E-state index contributed by atoms with van der Waals surface area (Å²) in [6.45, 7) is 1.31.